The lowest BCUT2D eigenvalue weighted by Crippen LogP contribution is -2.42. The van der Waals surface area contributed by atoms with Gasteiger partial charge in [0.2, 0.25) is 5.91 Å². The molecule has 0 bridgehead atoms. The molecule has 0 saturated carbocycles. The number of hydrogen-bond donors (Lipinski definition) is 1. The fourth-order valence-corrected chi connectivity index (χ4v) is 1.52. The van der Waals surface area contributed by atoms with E-state index in [0.29, 0.717) is 13.0 Å². The Morgan fingerprint density at radius 2 is 2.24 bits per heavy atom. The molecule has 1 heterocycles. The molecule has 0 fully saturated rings. The quantitative estimate of drug-likeness (QED) is 0.745. The Morgan fingerprint density at radius 1 is 1.59 bits per heavy atom. The molecule has 0 aliphatic carbocycles. The second-order valence-corrected chi connectivity index (χ2v) is 4.00. The maximum atomic E-state index is 11.8. The lowest BCUT2D eigenvalue weighted by Gasteiger charge is -2.20. The van der Waals surface area contributed by atoms with E-state index in [1.807, 2.05) is 12.1 Å². The fourth-order valence-electron chi connectivity index (χ4n) is 1.52. The van der Waals surface area contributed by atoms with E-state index in [1.165, 1.54) is 0 Å². The summed E-state index contributed by atoms with van der Waals surface area (Å²) in [5, 5.41) is 0. The van der Waals surface area contributed by atoms with Crippen LogP contribution in [0.5, 0.6) is 0 Å². The smallest absolute Gasteiger partial charge is 0.239 e. The summed E-state index contributed by atoms with van der Waals surface area (Å²) in [6.45, 7) is 4.24. The summed E-state index contributed by atoms with van der Waals surface area (Å²) in [7, 11) is 1.77. The van der Waals surface area contributed by atoms with Crippen LogP contribution in [0.25, 0.3) is 0 Å². The number of hydrogen-bond acceptors (Lipinski definition) is 3. The van der Waals surface area contributed by atoms with E-state index in [1.54, 1.807) is 30.4 Å². The Hall–Kier alpha value is -1.68. The van der Waals surface area contributed by atoms with Crippen molar-refractivity contribution in [2.24, 2.45) is 5.73 Å². The zero-order valence-corrected chi connectivity index (χ0v) is 10.2. The van der Waals surface area contributed by atoms with Gasteiger partial charge in [-0.15, -0.1) is 6.58 Å². The van der Waals surface area contributed by atoms with Crippen molar-refractivity contribution in [2.75, 3.05) is 13.6 Å². The Bertz CT molecular complexity index is 364. The fraction of sp³-hybridized carbons (Fsp3) is 0.385. The minimum Gasteiger partial charge on any atom is -0.344 e. The molecule has 0 aromatic carbocycles. The predicted molar refractivity (Wildman–Crippen MR) is 68.4 cm³/mol. The van der Waals surface area contributed by atoms with Gasteiger partial charge in [0.15, 0.2) is 0 Å². The van der Waals surface area contributed by atoms with Crippen LogP contribution in [0.15, 0.2) is 37.2 Å². The monoisotopic (exact) mass is 233 g/mol. The van der Waals surface area contributed by atoms with Gasteiger partial charge in [0.05, 0.1) is 6.04 Å². The summed E-state index contributed by atoms with van der Waals surface area (Å²) < 4.78 is 0. The summed E-state index contributed by atoms with van der Waals surface area (Å²) >= 11 is 0. The first kappa shape index (κ1) is 13.4. The highest BCUT2D eigenvalue weighted by Gasteiger charge is 2.15. The standard InChI is InChI=1S/C13H19N3O/c1-3-4-12(14)13(17)16(2)10-7-11-5-8-15-9-6-11/h3,5-6,8-9,12H,1,4,7,10,14H2,2H3. The molecular formula is C13H19N3O. The topological polar surface area (TPSA) is 59.2 Å². The molecule has 0 aliphatic rings. The highest BCUT2D eigenvalue weighted by molar-refractivity contribution is 5.81. The van der Waals surface area contributed by atoms with E-state index in [-0.39, 0.29) is 5.91 Å². The average molecular weight is 233 g/mol. The van der Waals surface area contributed by atoms with Gasteiger partial charge in [-0.25, -0.2) is 0 Å². The minimum absolute atomic E-state index is 0.0426. The van der Waals surface area contributed by atoms with Crippen LogP contribution in [-0.2, 0) is 11.2 Å². The summed E-state index contributed by atoms with van der Waals surface area (Å²) in [5.74, 6) is -0.0426. The summed E-state index contributed by atoms with van der Waals surface area (Å²) in [4.78, 5) is 17.4. The molecule has 1 aromatic heterocycles. The maximum Gasteiger partial charge on any atom is 0.239 e. The normalized spacial score (nSPS) is 11.9. The molecule has 0 radical (unpaired) electrons. The van der Waals surface area contributed by atoms with Crippen molar-refractivity contribution in [1.82, 2.24) is 9.88 Å². The predicted octanol–water partition coefficient (Wildman–Crippen LogP) is 0.986. The van der Waals surface area contributed by atoms with Gasteiger partial charge in [0.1, 0.15) is 0 Å². The first-order valence-electron chi connectivity index (χ1n) is 5.65. The van der Waals surface area contributed by atoms with Gasteiger partial charge in [-0.2, -0.15) is 0 Å². The van der Waals surface area contributed by atoms with Gasteiger partial charge in [-0.05, 0) is 30.5 Å². The molecule has 1 atom stereocenters. The van der Waals surface area contributed by atoms with Gasteiger partial charge in [-0.3, -0.25) is 9.78 Å². The number of carbonyl (C=O) groups is 1. The number of nitrogens with zero attached hydrogens (tertiary/aromatic N) is 2. The van der Waals surface area contributed by atoms with Crippen LogP contribution in [0, 0.1) is 0 Å². The van der Waals surface area contributed by atoms with Crippen LogP contribution in [0.4, 0.5) is 0 Å². The zero-order chi connectivity index (χ0) is 12.7. The second kappa shape index (κ2) is 6.81. The van der Waals surface area contributed by atoms with Gasteiger partial charge in [-0.1, -0.05) is 6.08 Å². The molecular weight excluding hydrogens is 214 g/mol. The number of likely N-dealkylation sites (N-methyl/N-ethyl adjacent to an activating group) is 1. The molecule has 0 spiro atoms. The molecule has 92 valence electrons. The highest BCUT2D eigenvalue weighted by Crippen LogP contribution is 2.01. The minimum atomic E-state index is -0.477. The molecule has 1 rings (SSSR count). The molecule has 0 saturated heterocycles. The lowest BCUT2D eigenvalue weighted by molar-refractivity contribution is -0.131. The number of aromatic nitrogens is 1. The van der Waals surface area contributed by atoms with E-state index in [0.717, 1.165) is 12.0 Å². The van der Waals surface area contributed by atoms with E-state index in [2.05, 4.69) is 11.6 Å². The molecule has 2 N–H and O–H groups in total. The van der Waals surface area contributed by atoms with Crippen molar-refractivity contribution in [3.05, 3.63) is 42.7 Å². The van der Waals surface area contributed by atoms with Crippen LogP contribution in [0.1, 0.15) is 12.0 Å². The van der Waals surface area contributed by atoms with Crippen molar-refractivity contribution in [1.29, 1.82) is 0 Å². The number of amides is 1. The first-order valence-corrected chi connectivity index (χ1v) is 5.65. The Balaban J connectivity index is 2.41. The summed E-state index contributed by atoms with van der Waals surface area (Å²) in [6, 6.07) is 3.42. The van der Waals surface area contributed by atoms with E-state index >= 15 is 0 Å². The van der Waals surface area contributed by atoms with Crippen LogP contribution in [-0.4, -0.2) is 35.4 Å². The van der Waals surface area contributed by atoms with Crippen molar-refractivity contribution in [2.45, 2.75) is 18.9 Å². The molecule has 4 heteroatoms. The number of nitrogens with two attached hydrogens (primary N) is 1. The third kappa shape index (κ3) is 4.36. The van der Waals surface area contributed by atoms with E-state index in [4.69, 9.17) is 5.73 Å². The van der Waals surface area contributed by atoms with Crippen LogP contribution >= 0.6 is 0 Å². The lowest BCUT2D eigenvalue weighted by atomic mass is 10.1. The first-order chi connectivity index (χ1) is 8.15. The van der Waals surface area contributed by atoms with Crippen LogP contribution < -0.4 is 5.73 Å². The van der Waals surface area contributed by atoms with Gasteiger partial charge in [0, 0.05) is 26.0 Å². The van der Waals surface area contributed by atoms with E-state index in [9.17, 15) is 4.79 Å². The maximum absolute atomic E-state index is 11.8. The van der Waals surface area contributed by atoms with Crippen molar-refractivity contribution in [3.63, 3.8) is 0 Å². The molecule has 1 aromatic rings. The van der Waals surface area contributed by atoms with Gasteiger partial charge in [0.25, 0.3) is 0 Å². The third-order valence-corrected chi connectivity index (χ3v) is 2.60. The zero-order valence-electron chi connectivity index (χ0n) is 10.2. The molecule has 0 aliphatic heterocycles. The van der Waals surface area contributed by atoms with Gasteiger partial charge >= 0.3 is 0 Å². The SMILES string of the molecule is C=CCC(N)C(=O)N(C)CCc1ccncc1. The summed E-state index contributed by atoms with van der Waals surface area (Å²) in [5.41, 5.74) is 6.89. The second-order valence-electron chi connectivity index (χ2n) is 4.00. The number of rotatable bonds is 6. The molecule has 1 amide bonds. The molecule has 1 unspecified atom stereocenters. The van der Waals surface area contributed by atoms with Crippen molar-refractivity contribution >= 4 is 5.91 Å². The van der Waals surface area contributed by atoms with Crippen molar-refractivity contribution in [3.8, 4) is 0 Å². The van der Waals surface area contributed by atoms with Crippen LogP contribution in [0.3, 0.4) is 0 Å². The van der Waals surface area contributed by atoms with Gasteiger partial charge < -0.3 is 10.6 Å². The number of carbonyl (C=O) groups excluding carboxylic acids is 1. The van der Waals surface area contributed by atoms with E-state index < -0.39 is 6.04 Å². The van der Waals surface area contributed by atoms with Crippen molar-refractivity contribution < 1.29 is 4.79 Å². The van der Waals surface area contributed by atoms with Crippen LogP contribution in [0.2, 0.25) is 0 Å². The Kier molecular flexibility index (Phi) is 5.36. The molecule has 17 heavy (non-hydrogen) atoms. The largest absolute Gasteiger partial charge is 0.344 e. The third-order valence-electron chi connectivity index (χ3n) is 2.60. The Morgan fingerprint density at radius 3 is 2.82 bits per heavy atom. The molecule has 4 nitrogen and oxygen atoms in total. The average Bonchev–Trinajstić information content (AvgIpc) is 2.36. The Labute approximate surface area is 102 Å². The summed E-state index contributed by atoms with van der Waals surface area (Å²) in [6.07, 6.45) is 6.49. The number of pyridine rings is 1. The highest BCUT2D eigenvalue weighted by atomic mass is 16.2.